The van der Waals surface area contributed by atoms with Gasteiger partial charge in [-0.25, -0.2) is 15.8 Å². The van der Waals surface area contributed by atoms with Crippen LogP contribution in [0.25, 0.3) is 0 Å². The molecule has 0 radical (unpaired) electrons. The number of nitrogen functional groups attached to an aromatic ring is 1. The van der Waals surface area contributed by atoms with Crippen molar-refractivity contribution < 1.29 is 4.74 Å². The molecule has 0 bridgehead atoms. The molecule has 0 spiro atoms. The van der Waals surface area contributed by atoms with E-state index in [1.165, 1.54) is 5.56 Å². The van der Waals surface area contributed by atoms with E-state index in [0.717, 1.165) is 10.2 Å². The molecule has 0 saturated carbocycles. The van der Waals surface area contributed by atoms with Crippen LogP contribution in [0.1, 0.15) is 11.4 Å². The Morgan fingerprint density at radius 3 is 2.65 bits per heavy atom. The van der Waals surface area contributed by atoms with Crippen LogP contribution in [-0.4, -0.2) is 17.1 Å². The second-order valence-electron chi connectivity index (χ2n) is 4.24. The highest BCUT2D eigenvalue weighted by Gasteiger charge is 2.06. The van der Waals surface area contributed by atoms with E-state index in [4.69, 9.17) is 10.6 Å². The number of aryl methyl sites for hydroxylation is 1. The van der Waals surface area contributed by atoms with Crippen molar-refractivity contribution in [1.82, 2.24) is 9.97 Å². The van der Waals surface area contributed by atoms with Crippen molar-refractivity contribution in [2.45, 2.75) is 13.5 Å². The number of halogens is 1. The molecule has 0 aliphatic carbocycles. The molecule has 1 aromatic carbocycles. The van der Waals surface area contributed by atoms with E-state index >= 15 is 0 Å². The van der Waals surface area contributed by atoms with Gasteiger partial charge in [0.2, 0.25) is 0 Å². The Morgan fingerprint density at radius 2 is 2.00 bits per heavy atom. The minimum Gasteiger partial charge on any atom is -0.377 e. The van der Waals surface area contributed by atoms with Crippen molar-refractivity contribution in [2.75, 3.05) is 17.9 Å². The average molecular weight is 338 g/mol. The largest absolute Gasteiger partial charge is 0.377 e. The van der Waals surface area contributed by atoms with Crippen LogP contribution in [0.3, 0.4) is 0 Å². The summed E-state index contributed by atoms with van der Waals surface area (Å²) in [5.41, 5.74) is 4.61. The van der Waals surface area contributed by atoms with Gasteiger partial charge in [0.15, 0.2) is 5.82 Å². The molecule has 0 aliphatic rings. The summed E-state index contributed by atoms with van der Waals surface area (Å²) in [7, 11) is 1.59. The average Bonchev–Trinajstić information content (AvgIpc) is 2.42. The number of hydrogen-bond donors (Lipinski definition) is 3. The fourth-order valence-corrected chi connectivity index (χ4v) is 2.28. The van der Waals surface area contributed by atoms with Crippen molar-refractivity contribution in [1.29, 1.82) is 0 Å². The third kappa shape index (κ3) is 3.66. The second-order valence-corrected chi connectivity index (χ2v) is 5.09. The van der Waals surface area contributed by atoms with Crippen LogP contribution in [-0.2, 0) is 11.3 Å². The van der Waals surface area contributed by atoms with Gasteiger partial charge >= 0.3 is 0 Å². The van der Waals surface area contributed by atoms with E-state index in [0.29, 0.717) is 24.1 Å². The Labute approximate surface area is 125 Å². The molecule has 2 rings (SSSR count). The number of anilines is 3. The molecule has 4 N–H and O–H groups in total. The number of nitrogens with one attached hydrogen (secondary N) is 2. The first-order chi connectivity index (χ1) is 9.62. The molecule has 0 unspecified atom stereocenters. The highest BCUT2D eigenvalue weighted by atomic mass is 79.9. The van der Waals surface area contributed by atoms with Crippen molar-refractivity contribution in [3.63, 3.8) is 0 Å². The van der Waals surface area contributed by atoms with E-state index in [2.05, 4.69) is 36.6 Å². The Morgan fingerprint density at radius 1 is 1.25 bits per heavy atom. The first-order valence-electron chi connectivity index (χ1n) is 5.99. The Kier molecular flexibility index (Phi) is 4.89. The molecule has 0 atom stereocenters. The molecule has 6 nitrogen and oxygen atoms in total. The lowest BCUT2D eigenvalue weighted by Gasteiger charge is -2.11. The van der Waals surface area contributed by atoms with Gasteiger partial charge in [0.05, 0.1) is 5.69 Å². The predicted molar refractivity (Wildman–Crippen MR) is 82.7 cm³/mol. The maximum atomic E-state index is 5.41. The number of nitrogens with zero attached hydrogens (tertiary/aromatic N) is 2. The van der Waals surface area contributed by atoms with Crippen LogP contribution in [0.2, 0.25) is 0 Å². The van der Waals surface area contributed by atoms with Crippen molar-refractivity contribution in [3.05, 3.63) is 40.1 Å². The minimum atomic E-state index is 0.319. The molecule has 20 heavy (non-hydrogen) atoms. The molecule has 1 aromatic heterocycles. The lowest BCUT2D eigenvalue weighted by molar-refractivity contribution is 0.178. The smallest absolute Gasteiger partial charge is 0.158 e. The number of aromatic nitrogens is 2. The summed E-state index contributed by atoms with van der Waals surface area (Å²) in [5, 5.41) is 3.22. The van der Waals surface area contributed by atoms with Gasteiger partial charge in [-0.3, -0.25) is 0 Å². The number of rotatable bonds is 5. The first-order valence-corrected chi connectivity index (χ1v) is 6.78. The van der Waals surface area contributed by atoms with Crippen molar-refractivity contribution >= 4 is 33.3 Å². The van der Waals surface area contributed by atoms with Crippen LogP contribution < -0.4 is 16.6 Å². The maximum Gasteiger partial charge on any atom is 0.158 e. The molecular formula is C13H16BrN5O. The zero-order valence-electron chi connectivity index (χ0n) is 11.3. The zero-order valence-corrected chi connectivity index (χ0v) is 12.9. The molecule has 2 aromatic rings. The second kappa shape index (κ2) is 6.65. The topological polar surface area (TPSA) is 85.1 Å². The normalized spacial score (nSPS) is 10.4. The standard InChI is InChI=1S/C13H16BrN5O/c1-8-3-4-10(9(14)5-8)16-11-6-12(19-15)18-13(17-11)7-20-2/h3-6H,7,15H2,1-2H3,(H2,16,17,18,19). The van der Waals surface area contributed by atoms with Gasteiger partial charge in [-0.2, -0.15) is 0 Å². The van der Waals surface area contributed by atoms with Gasteiger partial charge in [-0.05, 0) is 40.5 Å². The van der Waals surface area contributed by atoms with Gasteiger partial charge in [0, 0.05) is 17.6 Å². The van der Waals surface area contributed by atoms with E-state index in [9.17, 15) is 0 Å². The monoisotopic (exact) mass is 337 g/mol. The van der Waals surface area contributed by atoms with Gasteiger partial charge < -0.3 is 15.5 Å². The van der Waals surface area contributed by atoms with Gasteiger partial charge in [0.25, 0.3) is 0 Å². The molecule has 0 aliphatic heterocycles. The van der Waals surface area contributed by atoms with E-state index < -0.39 is 0 Å². The molecule has 0 saturated heterocycles. The summed E-state index contributed by atoms with van der Waals surface area (Å²) >= 11 is 3.52. The van der Waals surface area contributed by atoms with Gasteiger partial charge in [-0.15, -0.1) is 0 Å². The number of nitrogens with two attached hydrogens (primary N) is 1. The summed E-state index contributed by atoms with van der Waals surface area (Å²) < 4.78 is 6.01. The van der Waals surface area contributed by atoms with Crippen LogP contribution in [0.15, 0.2) is 28.7 Å². The lowest BCUT2D eigenvalue weighted by atomic mass is 10.2. The Bertz CT molecular complexity index is 605. The van der Waals surface area contributed by atoms with Crippen LogP contribution in [0.4, 0.5) is 17.3 Å². The molecule has 1 heterocycles. The van der Waals surface area contributed by atoms with E-state index in [-0.39, 0.29) is 0 Å². The quantitative estimate of drug-likeness (QED) is 0.574. The SMILES string of the molecule is COCc1nc(NN)cc(Nc2ccc(C)cc2Br)n1. The molecular weight excluding hydrogens is 322 g/mol. The predicted octanol–water partition coefficient (Wildman–Crippen LogP) is 2.72. The maximum absolute atomic E-state index is 5.41. The van der Waals surface area contributed by atoms with E-state index in [1.54, 1.807) is 13.2 Å². The minimum absolute atomic E-state index is 0.319. The number of hydrogen-bond acceptors (Lipinski definition) is 6. The van der Waals surface area contributed by atoms with Gasteiger partial charge in [-0.1, -0.05) is 6.07 Å². The van der Waals surface area contributed by atoms with Crippen molar-refractivity contribution in [3.8, 4) is 0 Å². The van der Waals surface area contributed by atoms with Crippen LogP contribution >= 0.6 is 15.9 Å². The number of hydrazine groups is 1. The molecule has 7 heteroatoms. The first kappa shape index (κ1) is 14.7. The highest BCUT2D eigenvalue weighted by Crippen LogP contribution is 2.26. The summed E-state index contributed by atoms with van der Waals surface area (Å²) in [6.07, 6.45) is 0. The fourth-order valence-electron chi connectivity index (χ4n) is 1.69. The van der Waals surface area contributed by atoms with Gasteiger partial charge in [0.1, 0.15) is 18.2 Å². The van der Waals surface area contributed by atoms with Crippen LogP contribution in [0, 0.1) is 6.92 Å². The number of methoxy groups -OCH3 is 1. The lowest BCUT2D eigenvalue weighted by Crippen LogP contribution is -2.12. The molecule has 0 amide bonds. The summed E-state index contributed by atoms with van der Waals surface area (Å²) in [4.78, 5) is 8.56. The van der Waals surface area contributed by atoms with Crippen LogP contribution in [0.5, 0.6) is 0 Å². The van der Waals surface area contributed by atoms with Crippen molar-refractivity contribution in [2.24, 2.45) is 5.84 Å². The third-order valence-electron chi connectivity index (χ3n) is 2.58. The summed E-state index contributed by atoms with van der Waals surface area (Å²) in [6, 6.07) is 7.76. The molecule has 106 valence electrons. The van der Waals surface area contributed by atoms with E-state index in [1.807, 2.05) is 25.1 Å². The number of ether oxygens (including phenoxy) is 1. The zero-order chi connectivity index (χ0) is 14.5. The fraction of sp³-hybridized carbons (Fsp3) is 0.231. The number of benzene rings is 1. The third-order valence-corrected chi connectivity index (χ3v) is 3.24. The molecule has 0 fully saturated rings. The Balaban J connectivity index is 2.29. The summed E-state index contributed by atoms with van der Waals surface area (Å²) in [5.74, 6) is 7.13. The Hall–Kier alpha value is -1.70. The summed E-state index contributed by atoms with van der Waals surface area (Å²) in [6.45, 7) is 2.35. The highest BCUT2D eigenvalue weighted by molar-refractivity contribution is 9.10.